The first kappa shape index (κ1) is 22.3. The van der Waals surface area contributed by atoms with Gasteiger partial charge in [-0.3, -0.25) is 9.98 Å². The van der Waals surface area contributed by atoms with Crippen LogP contribution in [-0.4, -0.2) is 22.6 Å². The summed E-state index contributed by atoms with van der Waals surface area (Å²) in [7, 11) is 0. The van der Waals surface area contributed by atoms with E-state index in [2.05, 4.69) is 9.98 Å². The molecule has 4 nitrogen and oxygen atoms in total. The summed E-state index contributed by atoms with van der Waals surface area (Å²) in [5, 5.41) is 24.8. The van der Waals surface area contributed by atoms with Gasteiger partial charge >= 0.3 is 0 Å². The van der Waals surface area contributed by atoms with Gasteiger partial charge in [-0.15, -0.1) is 0 Å². The van der Waals surface area contributed by atoms with Gasteiger partial charge in [-0.25, -0.2) is 0 Å². The minimum absolute atomic E-state index is 0. The second kappa shape index (κ2) is 9.69. The van der Waals surface area contributed by atoms with Gasteiger partial charge < -0.3 is 10.2 Å². The molecule has 1 radical (unpaired) electrons. The van der Waals surface area contributed by atoms with Crippen LogP contribution in [0.2, 0.25) is 0 Å². The number of hydrogen-bond acceptors (Lipinski definition) is 4. The molecule has 0 aliphatic rings. The van der Waals surface area contributed by atoms with E-state index in [0.717, 1.165) is 21.5 Å². The van der Waals surface area contributed by atoms with E-state index in [1.807, 2.05) is 97.1 Å². The van der Waals surface area contributed by atoms with Crippen LogP contribution in [0.3, 0.4) is 0 Å². The molecule has 33 heavy (non-hydrogen) atoms. The number of rotatable bonds is 4. The van der Waals surface area contributed by atoms with E-state index in [1.165, 1.54) is 0 Å². The molecule has 0 aliphatic carbocycles. The first-order chi connectivity index (χ1) is 15.7. The number of phenols is 2. The van der Waals surface area contributed by atoms with E-state index in [1.54, 1.807) is 12.4 Å². The molecule has 0 aliphatic heterocycles. The average Bonchev–Trinajstić information content (AvgIpc) is 2.84. The molecule has 5 aromatic rings. The Hall–Kier alpha value is -3.93. The van der Waals surface area contributed by atoms with E-state index in [4.69, 9.17) is 0 Å². The quantitative estimate of drug-likeness (QED) is 0.278. The number of hydrogen-bond donors (Lipinski definition) is 2. The van der Waals surface area contributed by atoms with Crippen molar-refractivity contribution in [3.8, 4) is 11.5 Å². The normalized spacial score (nSPS) is 11.4. The van der Waals surface area contributed by atoms with Crippen LogP contribution in [0.25, 0.3) is 21.5 Å². The topological polar surface area (TPSA) is 65.2 Å². The van der Waals surface area contributed by atoms with E-state index in [0.29, 0.717) is 22.5 Å². The molecular weight excluding hydrogens is 455 g/mol. The van der Waals surface area contributed by atoms with Gasteiger partial charge in [-0.1, -0.05) is 72.8 Å². The fourth-order valence-electron chi connectivity index (χ4n) is 3.71. The maximum Gasteiger partial charge on any atom is 0.132 e. The van der Waals surface area contributed by atoms with Crippen molar-refractivity contribution in [2.75, 3.05) is 0 Å². The molecule has 0 fully saturated rings. The molecule has 0 unspecified atom stereocenters. The van der Waals surface area contributed by atoms with Gasteiger partial charge in [-0.05, 0) is 35.0 Å². The SMILES string of the molecule is Oc1c(C=Nc2ccccc2N=Cc2ccc3ccccc3c2O)ccc2ccccc12.[Co]. The number of benzene rings is 5. The van der Waals surface area contributed by atoms with Gasteiger partial charge in [0.2, 0.25) is 0 Å². The molecule has 5 heteroatoms. The van der Waals surface area contributed by atoms with E-state index >= 15 is 0 Å². The molecule has 163 valence electrons. The molecule has 0 spiro atoms. The minimum atomic E-state index is 0. The van der Waals surface area contributed by atoms with Gasteiger partial charge in [0.1, 0.15) is 11.5 Å². The Morgan fingerprint density at radius 3 is 1.33 bits per heavy atom. The Balaban J connectivity index is 0.00000259. The Labute approximate surface area is 201 Å². The summed E-state index contributed by atoms with van der Waals surface area (Å²) in [5.41, 5.74) is 2.59. The fourth-order valence-corrected chi connectivity index (χ4v) is 3.71. The molecular formula is C28H20CoN2O2. The standard InChI is InChI=1S/C28H20N2O2.Co/c31-27-21(15-13-19-7-1-3-9-23(19)27)17-29-25-11-5-6-12-26(25)30-18-22-16-14-20-8-2-4-10-24(20)28(22)32;/h1-18,31-32H;. The van der Waals surface area contributed by atoms with Gasteiger partial charge in [0.15, 0.2) is 0 Å². The van der Waals surface area contributed by atoms with Crippen molar-refractivity contribution < 1.29 is 27.0 Å². The molecule has 0 aromatic heterocycles. The molecule has 0 bridgehead atoms. The zero-order chi connectivity index (χ0) is 21.9. The number of aromatic hydroxyl groups is 2. The summed E-state index contributed by atoms with van der Waals surface area (Å²) < 4.78 is 0. The Morgan fingerprint density at radius 1 is 0.485 bits per heavy atom. The average molecular weight is 475 g/mol. The zero-order valence-electron chi connectivity index (χ0n) is 17.5. The molecule has 2 N–H and O–H groups in total. The van der Waals surface area contributed by atoms with Gasteiger partial charge in [0.05, 0.1) is 11.4 Å². The monoisotopic (exact) mass is 475 g/mol. The van der Waals surface area contributed by atoms with Crippen LogP contribution < -0.4 is 0 Å². The summed E-state index contributed by atoms with van der Waals surface area (Å²) in [5.74, 6) is 0.405. The summed E-state index contributed by atoms with van der Waals surface area (Å²) in [6.45, 7) is 0. The summed E-state index contributed by atoms with van der Waals surface area (Å²) in [4.78, 5) is 9.13. The zero-order valence-corrected chi connectivity index (χ0v) is 18.6. The van der Waals surface area contributed by atoms with E-state index in [-0.39, 0.29) is 28.3 Å². The maximum atomic E-state index is 10.6. The summed E-state index contributed by atoms with van der Waals surface area (Å²) >= 11 is 0. The third-order valence-electron chi connectivity index (χ3n) is 5.43. The molecule has 0 saturated carbocycles. The molecule has 5 rings (SSSR count). The largest absolute Gasteiger partial charge is 0.507 e. The molecule has 0 amide bonds. The smallest absolute Gasteiger partial charge is 0.132 e. The first-order valence-corrected chi connectivity index (χ1v) is 10.3. The van der Waals surface area contributed by atoms with Gasteiger partial charge in [-0.2, -0.15) is 0 Å². The van der Waals surface area contributed by atoms with Crippen LogP contribution in [0.4, 0.5) is 11.4 Å². The van der Waals surface area contributed by atoms with E-state index in [9.17, 15) is 10.2 Å². The van der Waals surface area contributed by atoms with Crippen molar-refractivity contribution in [1.82, 2.24) is 0 Å². The molecule has 0 saturated heterocycles. The van der Waals surface area contributed by atoms with Crippen molar-refractivity contribution in [3.63, 3.8) is 0 Å². The maximum absolute atomic E-state index is 10.6. The van der Waals surface area contributed by atoms with Crippen LogP contribution in [0.1, 0.15) is 11.1 Å². The van der Waals surface area contributed by atoms with Gasteiger partial charge in [0.25, 0.3) is 0 Å². The fraction of sp³-hybridized carbons (Fsp3) is 0. The van der Waals surface area contributed by atoms with E-state index < -0.39 is 0 Å². The third-order valence-corrected chi connectivity index (χ3v) is 5.43. The van der Waals surface area contributed by atoms with Crippen molar-refractivity contribution in [2.45, 2.75) is 0 Å². The van der Waals surface area contributed by atoms with Crippen LogP contribution >= 0.6 is 0 Å². The Morgan fingerprint density at radius 2 is 0.879 bits per heavy atom. The van der Waals surface area contributed by atoms with Gasteiger partial charge in [0, 0.05) is 51.1 Å². The number of aliphatic imine (C=N–C) groups is 2. The van der Waals surface area contributed by atoms with Crippen molar-refractivity contribution in [3.05, 3.63) is 108 Å². The van der Waals surface area contributed by atoms with Crippen molar-refractivity contribution in [2.24, 2.45) is 9.98 Å². The third kappa shape index (κ3) is 4.50. The second-order valence-corrected chi connectivity index (χ2v) is 7.45. The number of phenolic OH excluding ortho intramolecular Hbond substituents is 2. The first-order valence-electron chi connectivity index (χ1n) is 10.3. The minimum Gasteiger partial charge on any atom is -0.507 e. The Bertz CT molecular complexity index is 1390. The predicted octanol–water partition coefficient (Wildman–Crippen LogP) is 6.90. The number of fused-ring (bicyclic) bond motifs is 2. The van der Waals surface area contributed by atoms with Crippen LogP contribution in [0.15, 0.2) is 107 Å². The molecule has 5 aromatic carbocycles. The second-order valence-electron chi connectivity index (χ2n) is 7.45. The number of nitrogens with zero attached hydrogens (tertiary/aromatic N) is 2. The number of para-hydroxylation sites is 2. The van der Waals surface area contributed by atoms with Crippen LogP contribution in [0, 0.1) is 0 Å². The van der Waals surface area contributed by atoms with Crippen LogP contribution in [-0.2, 0) is 16.8 Å². The summed E-state index contributed by atoms with van der Waals surface area (Å²) in [6, 6.07) is 30.5. The van der Waals surface area contributed by atoms with Crippen LogP contribution in [0.5, 0.6) is 11.5 Å². The molecule has 0 atom stereocenters. The van der Waals surface area contributed by atoms with Crippen molar-refractivity contribution >= 4 is 45.3 Å². The molecule has 0 heterocycles. The predicted molar refractivity (Wildman–Crippen MR) is 132 cm³/mol. The Kier molecular flexibility index (Phi) is 6.54. The van der Waals surface area contributed by atoms with Crippen molar-refractivity contribution in [1.29, 1.82) is 0 Å². The summed E-state index contributed by atoms with van der Waals surface area (Å²) in [6.07, 6.45) is 3.28.